The zero-order chi connectivity index (χ0) is 20.5. The molecule has 29 heavy (non-hydrogen) atoms. The first-order valence-electron chi connectivity index (χ1n) is 9.32. The number of benzene rings is 3. The SMILES string of the molecule is CCOC(=O)/C(=C\Nc1ccc(Cl)cc1)c1ccc(OCc2ccccc2)cc1. The maximum absolute atomic E-state index is 12.4. The Kier molecular flexibility index (Phi) is 7.31. The lowest BCUT2D eigenvalue weighted by molar-refractivity contribution is -0.136. The molecule has 0 saturated heterocycles. The summed E-state index contributed by atoms with van der Waals surface area (Å²) in [5.41, 5.74) is 3.07. The van der Waals surface area contributed by atoms with Gasteiger partial charge in [-0.25, -0.2) is 4.79 Å². The number of nitrogens with one attached hydrogen (secondary N) is 1. The Balaban J connectivity index is 1.73. The zero-order valence-electron chi connectivity index (χ0n) is 16.1. The molecule has 0 aliphatic rings. The third kappa shape index (κ3) is 6.13. The molecule has 0 heterocycles. The van der Waals surface area contributed by atoms with Crippen LogP contribution in [0, 0.1) is 0 Å². The fraction of sp³-hybridized carbons (Fsp3) is 0.125. The minimum Gasteiger partial charge on any atom is -0.489 e. The lowest BCUT2D eigenvalue weighted by atomic mass is 10.1. The highest BCUT2D eigenvalue weighted by molar-refractivity contribution is 6.30. The molecule has 0 aliphatic heterocycles. The Morgan fingerprint density at radius 3 is 2.31 bits per heavy atom. The number of hydrogen-bond acceptors (Lipinski definition) is 4. The number of rotatable bonds is 8. The minimum absolute atomic E-state index is 0.301. The van der Waals surface area contributed by atoms with Crippen molar-refractivity contribution in [1.29, 1.82) is 0 Å². The summed E-state index contributed by atoms with van der Waals surface area (Å²) in [6.45, 7) is 2.57. The molecular weight excluding hydrogens is 386 g/mol. The van der Waals surface area contributed by atoms with Gasteiger partial charge in [-0.1, -0.05) is 54.1 Å². The third-order valence-corrected chi connectivity index (χ3v) is 4.39. The zero-order valence-corrected chi connectivity index (χ0v) is 16.9. The van der Waals surface area contributed by atoms with Gasteiger partial charge >= 0.3 is 5.97 Å². The summed E-state index contributed by atoms with van der Waals surface area (Å²) in [5, 5.41) is 3.77. The van der Waals surface area contributed by atoms with Gasteiger partial charge in [0.2, 0.25) is 0 Å². The molecule has 0 spiro atoms. The van der Waals surface area contributed by atoms with Gasteiger partial charge in [-0.05, 0) is 54.4 Å². The topological polar surface area (TPSA) is 47.6 Å². The van der Waals surface area contributed by atoms with Crippen molar-refractivity contribution in [3.63, 3.8) is 0 Å². The van der Waals surface area contributed by atoms with Gasteiger partial charge in [0, 0.05) is 16.9 Å². The van der Waals surface area contributed by atoms with E-state index in [2.05, 4.69) is 5.32 Å². The average molecular weight is 408 g/mol. The molecule has 0 unspecified atom stereocenters. The molecule has 0 aromatic heterocycles. The Morgan fingerprint density at radius 2 is 1.66 bits per heavy atom. The van der Waals surface area contributed by atoms with E-state index in [-0.39, 0.29) is 0 Å². The van der Waals surface area contributed by atoms with Crippen molar-refractivity contribution in [3.8, 4) is 5.75 Å². The molecule has 1 N–H and O–H groups in total. The van der Waals surface area contributed by atoms with Gasteiger partial charge in [-0.2, -0.15) is 0 Å². The van der Waals surface area contributed by atoms with Gasteiger partial charge in [0.15, 0.2) is 0 Å². The fourth-order valence-electron chi connectivity index (χ4n) is 2.64. The molecule has 0 amide bonds. The van der Waals surface area contributed by atoms with Crippen LogP contribution in [0.4, 0.5) is 5.69 Å². The first-order valence-corrected chi connectivity index (χ1v) is 9.70. The maximum Gasteiger partial charge on any atom is 0.340 e. The van der Waals surface area contributed by atoms with Gasteiger partial charge in [-0.3, -0.25) is 0 Å². The average Bonchev–Trinajstić information content (AvgIpc) is 2.75. The molecule has 148 valence electrons. The first-order chi connectivity index (χ1) is 14.2. The summed E-state index contributed by atoms with van der Waals surface area (Å²) in [6, 6.07) is 24.5. The largest absolute Gasteiger partial charge is 0.489 e. The van der Waals surface area contributed by atoms with E-state index in [1.54, 1.807) is 25.3 Å². The van der Waals surface area contributed by atoms with E-state index in [0.717, 1.165) is 22.6 Å². The molecule has 3 aromatic rings. The van der Waals surface area contributed by atoms with Crippen molar-refractivity contribution in [2.75, 3.05) is 11.9 Å². The van der Waals surface area contributed by atoms with Crippen LogP contribution in [-0.4, -0.2) is 12.6 Å². The van der Waals surface area contributed by atoms with Crippen LogP contribution >= 0.6 is 11.6 Å². The van der Waals surface area contributed by atoms with Crippen LogP contribution in [0.1, 0.15) is 18.1 Å². The second-order valence-electron chi connectivity index (χ2n) is 6.23. The second-order valence-corrected chi connectivity index (χ2v) is 6.66. The van der Waals surface area contributed by atoms with Crippen molar-refractivity contribution in [2.24, 2.45) is 0 Å². The van der Waals surface area contributed by atoms with Crippen LogP contribution in [-0.2, 0) is 16.1 Å². The summed E-state index contributed by atoms with van der Waals surface area (Å²) in [7, 11) is 0. The Hall–Kier alpha value is -3.24. The highest BCUT2D eigenvalue weighted by Gasteiger charge is 2.13. The highest BCUT2D eigenvalue weighted by Crippen LogP contribution is 2.22. The minimum atomic E-state index is -0.396. The molecule has 0 saturated carbocycles. The van der Waals surface area contributed by atoms with Gasteiger partial charge in [0.25, 0.3) is 0 Å². The number of hydrogen-bond donors (Lipinski definition) is 1. The van der Waals surface area contributed by atoms with Crippen LogP contribution < -0.4 is 10.1 Å². The molecule has 4 nitrogen and oxygen atoms in total. The number of halogens is 1. The number of anilines is 1. The smallest absolute Gasteiger partial charge is 0.340 e. The van der Waals surface area contributed by atoms with E-state index in [0.29, 0.717) is 23.8 Å². The van der Waals surface area contributed by atoms with E-state index >= 15 is 0 Å². The summed E-state index contributed by atoms with van der Waals surface area (Å²) in [6.07, 6.45) is 1.64. The van der Waals surface area contributed by atoms with Crippen molar-refractivity contribution < 1.29 is 14.3 Å². The molecule has 3 rings (SSSR count). The van der Waals surface area contributed by atoms with E-state index in [4.69, 9.17) is 21.1 Å². The van der Waals surface area contributed by atoms with Crippen molar-refractivity contribution in [3.05, 3.63) is 101 Å². The number of carbonyl (C=O) groups is 1. The predicted octanol–water partition coefficient (Wildman–Crippen LogP) is 5.94. The fourth-order valence-corrected chi connectivity index (χ4v) is 2.77. The number of carbonyl (C=O) groups excluding carboxylic acids is 1. The van der Waals surface area contributed by atoms with Crippen molar-refractivity contribution in [1.82, 2.24) is 0 Å². The lowest BCUT2D eigenvalue weighted by Crippen LogP contribution is -2.08. The van der Waals surface area contributed by atoms with Crippen LogP contribution in [0.15, 0.2) is 85.1 Å². The Morgan fingerprint density at radius 1 is 0.966 bits per heavy atom. The van der Waals surface area contributed by atoms with Crippen molar-refractivity contribution >= 4 is 28.8 Å². The highest BCUT2D eigenvalue weighted by atomic mass is 35.5. The van der Waals surface area contributed by atoms with Crippen LogP contribution in [0.25, 0.3) is 5.57 Å². The first kappa shape index (κ1) is 20.5. The molecule has 0 aliphatic carbocycles. The number of ether oxygens (including phenoxy) is 2. The Labute approximate surface area is 175 Å². The summed E-state index contributed by atoms with van der Waals surface area (Å²) >= 11 is 5.91. The van der Waals surface area contributed by atoms with Crippen molar-refractivity contribution in [2.45, 2.75) is 13.5 Å². The standard InChI is InChI=1S/C24H22ClNO3/c1-2-28-24(27)23(16-26-21-12-10-20(25)11-13-21)19-8-14-22(15-9-19)29-17-18-6-4-3-5-7-18/h3-16,26H,2,17H2,1H3/b23-16-. The maximum atomic E-state index is 12.4. The van der Waals surface area contributed by atoms with Crippen LogP contribution in [0.2, 0.25) is 5.02 Å². The van der Waals surface area contributed by atoms with E-state index < -0.39 is 5.97 Å². The van der Waals surface area contributed by atoms with Gasteiger partial charge in [0.1, 0.15) is 12.4 Å². The normalized spacial score (nSPS) is 11.0. The number of esters is 1. The van der Waals surface area contributed by atoms with E-state index in [1.807, 2.05) is 66.7 Å². The third-order valence-electron chi connectivity index (χ3n) is 4.14. The Bertz CT molecular complexity index is 952. The lowest BCUT2D eigenvalue weighted by Gasteiger charge is -2.11. The van der Waals surface area contributed by atoms with Crippen LogP contribution in [0.3, 0.4) is 0 Å². The molecule has 5 heteroatoms. The molecule has 0 fully saturated rings. The summed E-state index contributed by atoms with van der Waals surface area (Å²) in [4.78, 5) is 12.4. The van der Waals surface area contributed by atoms with Gasteiger partial charge in [0.05, 0.1) is 12.2 Å². The molecule has 3 aromatic carbocycles. The molecular formula is C24H22ClNO3. The monoisotopic (exact) mass is 407 g/mol. The van der Waals surface area contributed by atoms with Gasteiger partial charge in [-0.15, -0.1) is 0 Å². The predicted molar refractivity (Wildman–Crippen MR) is 117 cm³/mol. The second kappa shape index (κ2) is 10.3. The van der Waals surface area contributed by atoms with E-state index in [9.17, 15) is 4.79 Å². The quantitative estimate of drug-likeness (QED) is 0.371. The molecule has 0 atom stereocenters. The van der Waals surface area contributed by atoms with Gasteiger partial charge < -0.3 is 14.8 Å². The summed E-state index contributed by atoms with van der Waals surface area (Å²) < 4.78 is 11.0. The molecule has 0 bridgehead atoms. The summed E-state index contributed by atoms with van der Waals surface area (Å²) in [5.74, 6) is 0.332. The molecule has 0 radical (unpaired) electrons. The van der Waals surface area contributed by atoms with Crippen LogP contribution in [0.5, 0.6) is 5.75 Å². The van der Waals surface area contributed by atoms with E-state index in [1.165, 1.54) is 0 Å².